The van der Waals surface area contributed by atoms with Crippen LogP contribution in [-0.4, -0.2) is 17.3 Å². The van der Waals surface area contributed by atoms with Crippen molar-refractivity contribution in [3.8, 4) is 5.75 Å². The zero-order valence-corrected chi connectivity index (χ0v) is 13.4. The van der Waals surface area contributed by atoms with Crippen LogP contribution in [0.5, 0.6) is 5.75 Å². The van der Waals surface area contributed by atoms with Crippen molar-refractivity contribution >= 4 is 29.1 Å². The van der Waals surface area contributed by atoms with Gasteiger partial charge in [0.2, 0.25) is 0 Å². The van der Waals surface area contributed by atoms with E-state index >= 15 is 0 Å². The van der Waals surface area contributed by atoms with Gasteiger partial charge in [-0.15, -0.1) is 0 Å². The Bertz CT molecular complexity index is 596. The van der Waals surface area contributed by atoms with E-state index in [0.717, 1.165) is 22.6 Å². The molecule has 4 heteroatoms. The standard InChI is InChI=1S/C17H17ClO2S/c1-2-21-12-17(19)13-7-9-15(10-8-13)20-11-14-5-3-4-6-16(14)18/h3-10H,2,11-12H2,1H3. The average molecular weight is 321 g/mol. The number of benzene rings is 2. The van der Waals surface area contributed by atoms with Crippen LogP contribution >= 0.6 is 23.4 Å². The van der Waals surface area contributed by atoms with Crippen LogP contribution in [0.15, 0.2) is 48.5 Å². The maximum Gasteiger partial charge on any atom is 0.172 e. The van der Waals surface area contributed by atoms with Gasteiger partial charge in [-0.1, -0.05) is 36.7 Å². The molecule has 0 unspecified atom stereocenters. The van der Waals surface area contributed by atoms with Crippen molar-refractivity contribution < 1.29 is 9.53 Å². The molecule has 0 atom stereocenters. The number of ether oxygens (including phenoxy) is 1. The van der Waals surface area contributed by atoms with Crippen molar-refractivity contribution in [2.75, 3.05) is 11.5 Å². The summed E-state index contributed by atoms with van der Waals surface area (Å²) in [6, 6.07) is 14.8. The normalized spacial score (nSPS) is 10.4. The van der Waals surface area contributed by atoms with Crippen LogP contribution in [-0.2, 0) is 6.61 Å². The Morgan fingerprint density at radius 1 is 1.14 bits per heavy atom. The lowest BCUT2D eigenvalue weighted by molar-refractivity contribution is 0.102. The molecule has 0 saturated heterocycles. The number of carbonyl (C=O) groups is 1. The van der Waals surface area contributed by atoms with Crippen LogP contribution in [0.3, 0.4) is 0 Å². The van der Waals surface area contributed by atoms with E-state index in [2.05, 4.69) is 0 Å². The van der Waals surface area contributed by atoms with Crippen molar-refractivity contribution in [2.45, 2.75) is 13.5 Å². The van der Waals surface area contributed by atoms with E-state index in [4.69, 9.17) is 16.3 Å². The summed E-state index contributed by atoms with van der Waals surface area (Å²) in [4.78, 5) is 11.9. The second-order valence-electron chi connectivity index (χ2n) is 4.46. The van der Waals surface area contributed by atoms with Gasteiger partial charge in [-0.2, -0.15) is 11.8 Å². The molecule has 0 aliphatic rings. The first-order valence-electron chi connectivity index (χ1n) is 6.78. The van der Waals surface area contributed by atoms with Crippen LogP contribution in [0, 0.1) is 0 Å². The summed E-state index contributed by atoms with van der Waals surface area (Å²) in [5.41, 5.74) is 1.67. The Balaban J connectivity index is 1.93. The van der Waals surface area contributed by atoms with Crippen LogP contribution in [0.4, 0.5) is 0 Å². The number of rotatable bonds is 7. The molecular weight excluding hydrogens is 304 g/mol. The van der Waals surface area contributed by atoms with Gasteiger partial charge in [0.1, 0.15) is 12.4 Å². The Kier molecular flexibility index (Phi) is 6.15. The van der Waals surface area contributed by atoms with E-state index < -0.39 is 0 Å². The minimum atomic E-state index is 0.152. The molecule has 0 bridgehead atoms. The van der Waals surface area contributed by atoms with E-state index in [1.807, 2.05) is 43.3 Å². The predicted octanol–water partition coefficient (Wildman–Crippen LogP) is 4.85. The van der Waals surface area contributed by atoms with E-state index in [1.165, 1.54) is 0 Å². The van der Waals surface area contributed by atoms with Gasteiger partial charge in [-0.25, -0.2) is 0 Å². The molecule has 0 amide bonds. The predicted molar refractivity (Wildman–Crippen MR) is 89.6 cm³/mol. The van der Waals surface area contributed by atoms with Crippen molar-refractivity contribution in [2.24, 2.45) is 0 Å². The Morgan fingerprint density at radius 2 is 1.86 bits per heavy atom. The van der Waals surface area contributed by atoms with Crippen LogP contribution in [0.1, 0.15) is 22.8 Å². The fourth-order valence-corrected chi connectivity index (χ4v) is 2.54. The van der Waals surface area contributed by atoms with Crippen molar-refractivity contribution in [3.63, 3.8) is 0 Å². The summed E-state index contributed by atoms with van der Waals surface area (Å²) in [5.74, 6) is 2.36. The number of halogens is 1. The van der Waals surface area contributed by atoms with E-state index in [-0.39, 0.29) is 5.78 Å². The van der Waals surface area contributed by atoms with Gasteiger partial charge in [0.05, 0.1) is 5.75 Å². The molecule has 2 rings (SSSR count). The summed E-state index contributed by atoms with van der Waals surface area (Å²) in [7, 11) is 0. The third-order valence-corrected chi connectivity index (χ3v) is 4.21. The molecule has 0 radical (unpaired) electrons. The first kappa shape index (κ1) is 15.9. The molecular formula is C17H17ClO2S. The van der Waals surface area contributed by atoms with Gasteiger partial charge in [0.25, 0.3) is 0 Å². The molecule has 0 heterocycles. The lowest BCUT2D eigenvalue weighted by atomic mass is 10.1. The third kappa shape index (κ3) is 4.80. The molecule has 110 valence electrons. The summed E-state index contributed by atoms with van der Waals surface area (Å²) >= 11 is 7.71. The smallest absolute Gasteiger partial charge is 0.172 e. The number of hydrogen-bond acceptors (Lipinski definition) is 3. The minimum absolute atomic E-state index is 0.152. The molecule has 2 aromatic carbocycles. The lowest BCUT2D eigenvalue weighted by Gasteiger charge is -2.08. The zero-order chi connectivity index (χ0) is 15.1. The minimum Gasteiger partial charge on any atom is -0.489 e. The monoisotopic (exact) mass is 320 g/mol. The Labute approximate surface area is 134 Å². The Morgan fingerprint density at radius 3 is 2.52 bits per heavy atom. The molecule has 0 saturated carbocycles. The number of carbonyl (C=O) groups excluding carboxylic acids is 1. The second-order valence-corrected chi connectivity index (χ2v) is 6.15. The topological polar surface area (TPSA) is 26.3 Å². The summed E-state index contributed by atoms with van der Waals surface area (Å²) in [6.07, 6.45) is 0. The second kappa shape index (κ2) is 8.11. The number of ketones is 1. The molecule has 21 heavy (non-hydrogen) atoms. The maximum atomic E-state index is 11.9. The fourth-order valence-electron chi connectivity index (χ4n) is 1.79. The average Bonchev–Trinajstić information content (AvgIpc) is 2.52. The van der Waals surface area contributed by atoms with Gasteiger partial charge >= 0.3 is 0 Å². The Hall–Kier alpha value is -1.45. The fraction of sp³-hybridized carbons (Fsp3) is 0.235. The SMILES string of the molecule is CCSCC(=O)c1ccc(OCc2ccccc2Cl)cc1. The number of hydrogen-bond donors (Lipinski definition) is 0. The summed E-state index contributed by atoms with van der Waals surface area (Å²) in [6.45, 7) is 2.46. The molecule has 0 aromatic heterocycles. The first-order chi connectivity index (χ1) is 10.2. The van der Waals surface area contributed by atoms with Gasteiger partial charge in [0.15, 0.2) is 5.78 Å². The molecule has 0 aliphatic heterocycles. The highest BCUT2D eigenvalue weighted by Gasteiger charge is 2.06. The van der Waals surface area contributed by atoms with Gasteiger partial charge < -0.3 is 4.74 Å². The molecule has 0 aliphatic carbocycles. The largest absolute Gasteiger partial charge is 0.489 e. The summed E-state index contributed by atoms with van der Waals surface area (Å²) < 4.78 is 5.69. The number of Topliss-reactive ketones (excluding diaryl/α,β-unsaturated/α-hetero) is 1. The quantitative estimate of drug-likeness (QED) is 0.682. The maximum absolute atomic E-state index is 11.9. The molecule has 2 aromatic rings. The zero-order valence-electron chi connectivity index (χ0n) is 11.8. The van der Waals surface area contributed by atoms with Crippen molar-refractivity contribution in [1.82, 2.24) is 0 Å². The highest BCUT2D eigenvalue weighted by molar-refractivity contribution is 7.99. The van der Waals surface area contributed by atoms with Crippen molar-refractivity contribution in [3.05, 3.63) is 64.7 Å². The lowest BCUT2D eigenvalue weighted by Crippen LogP contribution is -2.03. The van der Waals surface area contributed by atoms with Crippen molar-refractivity contribution in [1.29, 1.82) is 0 Å². The first-order valence-corrected chi connectivity index (χ1v) is 8.31. The van der Waals surface area contributed by atoms with Gasteiger partial charge in [-0.3, -0.25) is 4.79 Å². The van der Waals surface area contributed by atoms with E-state index in [1.54, 1.807) is 23.9 Å². The molecule has 0 spiro atoms. The van der Waals surface area contributed by atoms with Crippen LogP contribution < -0.4 is 4.74 Å². The number of thioether (sulfide) groups is 1. The van der Waals surface area contributed by atoms with Crippen LogP contribution in [0.25, 0.3) is 0 Å². The van der Waals surface area contributed by atoms with E-state index in [9.17, 15) is 4.79 Å². The molecule has 0 N–H and O–H groups in total. The molecule has 0 fully saturated rings. The highest BCUT2D eigenvalue weighted by atomic mass is 35.5. The van der Waals surface area contributed by atoms with E-state index in [0.29, 0.717) is 17.4 Å². The molecule has 2 nitrogen and oxygen atoms in total. The summed E-state index contributed by atoms with van der Waals surface area (Å²) in [5, 5.41) is 0.695. The third-order valence-electron chi connectivity index (χ3n) is 2.97. The van der Waals surface area contributed by atoms with Gasteiger partial charge in [0, 0.05) is 16.1 Å². The highest BCUT2D eigenvalue weighted by Crippen LogP contribution is 2.19. The van der Waals surface area contributed by atoms with Crippen LogP contribution in [0.2, 0.25) is 5.02 Å². The van der Waals surface area contributed by atoms with Gasteiger partial charge in [-0.05, 0) is 36.1 Å².